The van der Waals surface area contributed by atoms with E-state index in [1.807, 2.05) is 37.3 Å². The smallest absolute Gasteiger partial charge is 0.257 e. The van der Waals surface area contributed by atoms with Gasteiger partial charge in [-0.3, -0.25) is 30.6 Å². The fourth-order valence-electron chi connectivity index (χ4n) is 2.40. The fourth-order valence-corrected chi connectivity index (χ4v) is 2.54. The monoisotopic (exact) mass is 428 g/mol. The summed E-state index contributed by atoms with van der Waals surface area (Å²) in [5.41, 5.74) is 6.14. The van der Waals surface area contributed by atoms with E-state index in [-0.39, 0.29) is 23.9 Å². The number of hydrogen-bond acceptors (Lipinski definition) is 5. The van der Waals surface area contributed by atoms with Gasteiger partial charge in [-0.05, 0) is 42.9 Å². The zero-order valence-corrected chi connectivity index (χ0v) is 17.4. The third-order valence-corrected chi connectivity index (χ3v) is 4.07. The second-order valence-electron chi connectivity index (χ2n) is 6.18. The highest BCUT2D eigenvalue weighted by Gasteiger charge is 2.10. The van der Waals surface area contributed by atoms with Crippen LogP contribution >= 0.6 is 12.2 Å². The summed E-state index contributed by atoms with van der Waals surface area (Å²) in [6, 6.07) is 16.1. The standard InChI is InChI=1S/C21H24N4O4S/c1-2-29-17-10-6-9-16(13-17)20(28)23-21(30)25-24-19(27)12-11-18(26)22-14-15-7-4-3-5-8-15/h3-10,13H,2,11-12,14H2,1H3,(H,22,26)(H,24,27)(H2,23,25,28,30). The van der Waals surface area contributed by atoms with E-state index in [9.17, 15) is 14.4 Å². The van der Waals surface area contributed by atoms with Gasteiger partial charge in [-0.15, -0.1) is 0 Å². The molecule has 0 aliphatic rings. The predicted molar refractivity (Wildman–Crippen MR) is 116 cm³/mol. The molecule has 0 heterocycles. The lowest BCUT2D eigenvalue weighted by atomic mass is 10.2. The minimum atomic E-state index is -0.441. The largest absolute Gasteiger partial charge is 0.494 e. The number of carbonyl (C=O) groups is 3. The van der Waals surface area contributed by atoms with Crippen molar-refractivity contribution < 1.29 is 19.1 Å². The van der Waals surface area contributed by atoms with Crippen LogP contribution in [0, 0.1) is 0 Å². The van der Waals surface area contributed by atoms with Crippen molar-refractivity contribution in [2.24, 2.45) is 0 Å². The van der Waals surface area contributed by atoms with E-state index >= 15 is 0 Å². The summed E-state index contributed by atoms with van der Waals surface area (Å²) >= 11 is 5.00. The number of hydrazine groups is 1. The summed E-state index contributed by atoms with van der Waals surface area (Å²) in [6.07, 6.45) is 0.00424. The molecular formula is C21H24N4O4S. The van der Waals surface area contributed by atoms with Gasteiger partial charge in [-0.25, -0.2) is 0 Å². The van der Waals surface area contributed by atoms with Crippen molar-refractivity contribution in [3.63, 3.8) is 0 Å². The molecule has 0 aromatic heterocycles. The molecule has 9 heteroatoms. The number of thiocarbonyl (C=S) groups is 1. The molecule has 4 N–H and O–H groups in total. The molecule has 0 saturated heterocycles. The van der Waals surface area contributed by atoms with Crippen LogP contribution in [0.4, 0.5) is 0 Å². The molecule has 2 aromatic rings. The second-order valence-corrected chi connectivity index (χ2v) is 6.59. The Morgan fingerprint density at radius 2 is 1.67 bits per heavy atom. The van der Waals surface area contributed by atoms with E-state index < -0.39 is 11.8 Å². The maximum absolute atomic E-state index is 12.2. The summed E-state index contributed by atoms with van der Waals surface area (Å²) in [5.74, 6) is -0.537. The summed E-state index contributed by atoms with van der Waals surface area (Å²) in [6.45, 7) is 2.74. The van der Waals surface area contributed by atoms with Gasteiger partial charge >= 0.3 is 0 Å². The highest BCUT2D eigenvalue weighted by molar-refractivity contribution is 7.80. The van der Waals surface area contributed by atoms with Crippen molar-refractivity contribution in [1.82, 2.24) is 21.5 Å². The molecule has 0 spiro atoms. The molecule has 0 atom stereocenters. The van der Waals surface area contributed by atoms with Gasteiger partial charge in [0.2, 0.25) is 11.8 Å². The number of rotatable bonds is 8. The van der Waals surface area contributed by atoms with Gasteiger partial charge in [0.25, 0.3) is 5.91 Å². The first kappa shape index (κ1) is 22.8. The topological polar surface area (TPSA) is 109 Å². The molecule has 3 amide bonds. The predicted octanol–water partition coefficient (Wildman–Crippen LogP) is 1.82. The lowest BCUT2D eigenvalue weighted by Crippen LogP contribution is -2.48. The molecule has 0 aliphatic carbocycles. The van der Waals surface area contributed by atoms with E-state index in [0.717, 1.165) is 5.56 Å². The summed E-state index contributed by atoms with van der Waals surface area (Å²) in [7, 11) is 0. The molecule has 0 fully saturated rings. The normalized spacial score (nSPS) is 9.90. The van der Waals surface area contributed by atoms with Gasteiger partial charge in [0.1, 0.15) is 5.75 Å². The van der Waals surface area contributed by atoms with Gasteiger partial charge in [0.15, 0.2) is 5.11 Å². The van der Waals surface area contributed by atoms with Crippen LogP contribution < -0.4 is 26.2 Å². The van der Waals surface area contributed by atoms with Crippen LogP contribution in [0.15, 0.2) is 54.6 Å². The highest BCUT2D eigenvalue weighted by atomic mass is 32.1. The van der Waals surface area contributed by atoms with Gasteiger partial charge in [0, 0.05) is 24.9 Å². The Hall–Kier alpha value is -3.46. The Balaban J connectivity index is 1.66. The SMILES string of the molecule is CCOc1cccc(C(=O)NC(=S)NNC(=O)CCC(=O)NCc2ccccc2)c1. The lowest BCUT2D eigenvalue weighted by molar-refractivity contribution is -0.126. The average molecular weight is 429 g/mol. The van der Waals surface area contributed by atoms with Gasteiger partial charge in [-0.2, -0.15) is 0 Å². The molecular weight excluding hydrogens is 404 g/mol. The van der Waals surface area contributed by atoms with Crippen LogP contribution in [0.3, 0.4) is 0 Å². The van der Waals surface area contributed by atoms with Crippen LogP contribution in [-0.2, 0) is 16.1 Å². The Morgan fingerprint density at radius 1 is 0.933 bits per heavy atom. The van der Waals surface area contributed by atoms with Crippen LogP contribution in [0.5, 0.6) is 5.75 Å². The molecule has 158 valence electrons. The zero-order valence-electron chi connectivity index (χ0n) is 16.6. The van der Waals surface area contributed by atoms with E-state index in [1.54, 1.807) is 24.3 Å². The molecule has 8 nitrogen and oxygen atoms in total. The number of carbonyl (C=O) groups excluding carboxylic acids is 3. The van der Waals surface area contributed by atoms with Crippen molar-refractivity contribution in [3.05, 3.63) is 65.7 Å². The van der Waals surface area contributed by atoms with Crippen molar-refractivity contribution in [2.45, 2.75) is 26.3 Å². The minimum absolute atomic E-state index is 0.0272. The van der Waals surface area contributed by atoms with Crippen LogP contribution in [-0.4, -0.2) is 29.4 Å². The fraction of sp³-hybridized carbons (Fsp3) is 0.238. The van der Waals surface area contributed by atoms with Gasteiger partial charge in [0.05, 0.1) is 6.61 Å². The van der Waals surface area contributed by atoms with E-state index in [1.165, 1.54) is 0 Å². The molecule has 0 aliphatic heterocycles. The maximum atomic E-state index is 12.2. The van der Waals surface area contributed by atoms with Crippen LogP contribution in [0.1, 0.15) is 35.7 Å². The van der Waals surface area contributed by atoms with E-state index in [0.29, 0.717) is 24.5 Å². The Labute approximate surface area is 180 Å². The van der Waals surface area contributed by atoms with Gasteiger partial charge in [-0.1, -0.05) is 36.4 Å². The third kappa shape index (κ3) is 8.27. The van der Waals surface area contributed by atoms with Crippen LogP contribution in [0.25, 0.3) is 0 Å². The maximum Gasteiger partial charge on any atom is 0.257 e. The number of amides is 3. The minimum Gasteiger partial charge on any atom is -0.494 e. The Bertz CT molecular complexity index is 890. The summed E-state index contributed by atoms with van der Waals surface area (Å²) < 4.78 is 5.35. The molecule has 2 rings (SSSR count). The van der Waals surface area contributed by atoms with E-state index in [4.69, 9.17) is 17.0 Å². The van der Waals surface area contributed by atoms with Crippen molar-refractivity contribution >= 4 is 35.1 Å². The first-order chi connectivity index (χ1) is 14.5. The molecule has 30 heavy (non-hydrogen) atoms. The Kier molecular flexibility index (Phi) is 9.26. The van der Waals surface area contributed by atoms with Crippen molar-refractivity contribution in [2.75, 3.05) is 6.61 Å². The number of nitrogens with one attached hydrogen (secondary N) is 4. The summed E-state index contributed by atoms with van der Waals surface area (Å²) in [5, 5.41) is 5.13. The lowest BCUT2D eigenvalue weighted by Gasteiger charge is -2.11. The average Bonchev–Trinajstić information content (AvgIpc) is 2.76. The van der Waals surface area contributed by atoms with Crippen molar-refractivity contribution in [1.29, 1.82) is 0 Å². The molecule has 0 saturated carbocycles. The quantitative estimate of drug-likeness (QED) is 0.377. The third-order valence-electron chi connectivity index (χ3n) is 3.86. The molecule has 2 aromatic carbocycles. The van der Waals surface area contributed by atoms with Crippen molar-refractivity contribution in [3.8, 4) is 5.75 Å². The first-order valence-electron chi connectivity index (χ1n) is 9.41. The second kappa shape index (κ2) is 12.2. The number of hydrogen-bond donors (Lipinski definition) is 4. The number of benzene rings is 2. The molecule has 0 radical (unpaired) electrons. The molecule has 0 bridgehead atoms. The molecule has 0 unspecified atom stereocenters. The van der Waals surface area contributed by atoms with Gasteiger partial charge < -0.3 is 10.1 Å². The Morgan fingerprint density at radius 3 is 2.40 bits per heavy atom. The number of ether oxygens (including phenoxy) is 1. The van der Waals surface area contributed by atoms with Crippen LogP contribution in [0.2, 0.25) is 0 Å². The highest BCUT2D eigenvalue weighted by Crippen LogP contribution is 2.13. The zero-order chi connectivity index (χ0) is 21.8. The first-order valence-corrected chi connectivity index (χ1v) is 9.82. The van der Waals surface area contributed by atoms with E-state index in [2.05, 4.69) is 21.5 Å². The summed E-state index contributed by atoms with van der Waals surface area (Å²) in [4.78, 5) is 35.9.